The summed E-state index contributed by atoms with van der Waals surface area (Å²) in [7, 11) is 3.52. The van der Waals surface area contributed by atoms with Crippen LogP contribution in [0.1, 0.15) is 19.8 Å². The number of likely N-dealkylation sites (N-methyl/N-ethyl adjacent to an activating group) is 1. The van der Waals surface area contributed by atoms with Gasteiger partial charge in [0, 0.05) is 52.6 Å². The summed E-state index contributed by atoms with van der Waals surface area (Å²) in [4.78, 5) is 24.7. The van der Waals surface area contributed by atoms with Crippen molar-refractivity contribution in [3.63, 3.8) is 0 Å². The number of hydrogen-bond donors (Lipinski definition) is 3. The molecule has 0 aliphatic rings. The van der Waals surface area contributed by atoms with Gasteiger partial charge in [-0.1, -0.05) is 0 Å². The van der Waals surface area contributed by atoms with Crippen molar-refractivity contribution >= 4 is 11.8 Å². The molecule has 18 heavy (non-hydrogen) atoms. The Balaban J connectivity index is 3.97. The van der Waals surface area contributed by atoms with E-state index in [1.54, 1.807) is 7.05 Å². The number of carbonyl (C=O) groups is 2. The fourth-order valence-electron chi connectivity index (χ4n) is 1.54. The first-order valence-corrected chi connectivity index (χ1v) is 6.48. The van der Waals surface area contributed by atoms with Crippen LogP contribution in [-0.2, 0) is 9.59 Å². The Morgan fingerprint density at radius 1 is 1.00 bits per heavy atom. The summed E-state index contributed by atoms with van der Waals surface area (Å²) in [6.45, 7) is 5.62. The topological polar surface area (TPSA) is 73.5 Å². The maximum Gasteiger partial charge on any atom is 0.221 e. The van der Waals surface area contributed by atoms with Gasteiger partial charge < -0.3 is 20.9 Å². The van der Waals surface area contributed by atoms with Gasteiger partial charge in [-0.2, -0.15) is 0 Å². The molecule has 0 aromatic rings. The van der Waals surface area contributed by atoms with Crippen LogP contribution in [0.5, 0.6) is 0 Å². The van der Waals surface area contributed by atoms with Gasteiger partial charge in [0.15, 0.2) is 0 Å². The zero-order valence-corrected chi connectivity index (χ0v) is 11.7. The minimum atomic E-state index is 0.0301. The summed E-state index contributed by atoms with van der Waals surface area (Å²) in [6, 6.07) is 0. The lowest BCUT2D eigenvalue weighted by Crippen LogP contribution is -2.37. The molecule has 0 heterocycles. The number of amides is 2. The Kier molecular flexibility index (Phi) is 10.3. The molecule has 0 aromatic heterocycles. The molecule has 3 N–H and O–H groups in total. The van der Waals surface area contributed by atoms with E-state index in [4.69, 9.17) is 0 Å². The molecular formula is C12H26N4O2. The van der Waals surface area contributed by atoms with Crippen molar-refractivity contribution < 1.29 is 9.59 Å². The lowest BCUT2D eigenvalue weighted by molar-refractivity contribution is -0.121. The molecule has 0 radical (unpaired) electrons. The highest BCUT2D eigenvalue weighted by Crippen LogP contribution is 1.94. The van der Waals surface area contributed by atoms with Crippen LogP contribution in [0.4, 0.5) is 0 Å². The van der Waals surface area contributed by atoms with Gasteiger partial charge in [-0.15, -0.1) is 0 Å². The highest BCUT2D eigenvalue weighted by molar-refractivity contribution is 5.76. The van der Waals surface area contributed by atoms with E-state index in [2.05, 4.69) is 20.9 Å². The number of carbonyl (C=O) groups excluding carboxylic acids is 2. The number of hydrogen-bond acceptors (Lipinski definition) is 4. The second-order valence-corrected chi connectivity index (χ2v) is 4.07. The first-order chi connectivity index (χ1) is 8.63. The number of nitrogens with one attached hydrogen (secondary N) is 3. The molecule has 0 aliphatic heterocycles. The van der Waals surface area contributed by atoms with Gasteiger partial charge in [0.05, 0.1) is 0 Å². The molecule has 0 unspecified atom stereocenters. The predicted octanol–water partition coefficient (Wildman–Crippen LogP) is -0.830. The Bertz CT molecular complexity index is 246. The summed E-state index contributed by atoms with van der Waals surface area (Å²) in [5, 5.41) is 8.44. The molecule has 0 aromatic carbocycles. The average molecular weight is 258 g/mol. The summed E-state index contributed by atoms with van der Waals surface area (Å²) in [6.07, 6.45) is 0.945. The Labute approximate surface area is 109 Å². The zero-order valence-electron chi connectivity index (χ0n) is 11.7. The first-order valence-electron chi connectivity index (χ1n) is 6.48. The van der Waals surface area contributed by atoms with Gasteiger partial charge in [0.25, 0.3) is 0 Å². The van der Waals surface area contributed by atoms with E-state index in [9.17, 15) is 9.59 Å². The van der Waals surface area contributed by atoms with Gasteiger partial charge in [-0.05, 0) is 14.0 Å². The Hall–Kier alpha value is -1.14. The molecule has 0 atom stereocenters. The molecule has 6 heteroatoms. The minimum absolute atomic E-state index is 0.0301. The van der Waals surface area contributed by atoms with Crippen LogP contribution >= 0.6 is 0 Å². The van der Waals surface area contributed by atoms with E-state index in [-0.39, 0.29) is 11.8 Å². The largest absolute Gasteiger partial charge is 0.359 e. The first kappa shape index (κ1) is 16.9. The van der Waals surface area contributed by atoms with Crippen molar-refractivity contribution in [3.05, 3.63) is 0 Å². The molecule has 0 fully saturated rings. The van der Waals surface area contributed by atoms with Crippen molar-refractivity contribution in [1.29, 1.82) is 0 Å². The van der Waals surface area contributed by atoms with Crippen molar-refractivity contribution in [2.75, 3.05) is 46.8 Å². The molecule has 2 amide bonds. The van der Waals surface area contributed by atoms with Crippen LogP contribution in [-0.4, -0.2) is 63.5 Å². The van der Waals surface area contributed by atoms with E-state index in [0.717, 1.165) is 13.1 Å². The zero-order chi connectivity index (χ0) is 13.8. The maximum absolute atomic E-state index is 11.4. The Morgan fingerprint density at radius 3 is 2.11 bits per heavy atom. The third-order valence-electron chi connectivity index (χ3n) is 2.64. The van der Waals surface area contributed by atoms with Crippen LogP contribution < -0.4 is 16.0 Å². The van der Waals surface area contributed by atoms with Crippen LogP contribution in [0, 0.1) is 0 Å². The van der Waals surface area contributed by atoms with Crippen molar-refractivity contribution in [3.8, 4) is 0 Å². The fourth-order valence-corrected chi connectivity index (χ4v) is 1.54. The molecule has 0 saturated heterocycles. The van der Waals surface area contributed by atoms with Crippen LogP contribution in [0.15, 0.2) is 0 Å². The van der Waals surface area contributed by atoms with E-state index >= 15 is 0 Å². The molecule has 106 valence electrons. The van der Waals surface area contributed by atoms with Gasteiger partial charge in [-0.3, -0.25) is 9.59 Å². The fraction of sp³-hybridized carbons (Fsp3) is 0.833. The van der Waals surface area contributed by atoms with Crippen molar-refractivity contribution in [1.82, 2.24) is 20.9 Å². The maximum atomic E-state index is 11.4. The van der Waals surface area contributed by atoms with Gasteiger partial charge in [-0.25, -0.2) is 0 Å². The standard InChI is InChI=1S/C12H26N4O2/c1-4-15-12(18)6-9-16(10-7-13-2)8-5-11(17)14-3/h13H,4-10H2,1-3H3,(H,14,17)(H,15,18). The van der Waals surface area contributed by atoms with Crippen LogP contribution in [0.25, 0.3) is 0 Å². The quantitative estimate of drug-likeness (QED) is 0.478. The van der Waals surface area contributed by atoms with Crippen LogP contribution in [0.2, 0.25) is 0 Å². The molecule has 0 bridgehead atoms. The van der Waals surface area contributed by atoms with Crippen LogP contribution in [0.3, 0.4) is 0 Å². The second kappa shape index (κ2) is 11.0. The molecule has 6 nitrogen and oxygen atoms in total. The van der Waals surface area contributed by atoms with Gasteiger partial charge in [0.2, 0.25) is 11.8 Å². The summed E-state index contributed by atoms with van der Waals surface area (Å²) < 4.78 is 0. The third-order valence-corrected chi connectivity index (χ3v) is 2.64. The third kappa shape index (κ3) is 8.95. The minimum Gasteiger partial charge on any atom is -0.359 e. The smallest absolute Gasteiger partial charge is 0.221 e. The lowest BCUT2D eigenvalue weighted by Gasteiger charge is -2.21. The van der Waals surface area contributed by atoms with Crippen molar-refractivity contribution in [2.45, 2.75) is 19.8 Å². The van der Waals surface area contributed by atoms with E-state index in [1.165, 1.54) is 0 Å². The normalized spacial score (nSPS) is 10.4. The Morgan fingerprint density at radius 2 is 1.61 bits per heavy atom. The molecule has 0 aliphatic carbocycles. The lowest BCUT2D eigenvalue weighted by atomic mass is 10.3. The van der Waals surface area contributed by atoms with E-state index in [0.29, 0.717) is 32.5 Å². The highest BCUT2D eigenvalue weighted by atomic mass is 16.2. The van der Waals surface area contributed by atoms with Crippen molar-refractivity contribution in [2.24, 2.45) is 0 Å². The summed E-state index contributed by atoms with van der Waals surface area (Å²) >= 11 is 0. The van der Waals surface area contributed by atoms with E-state index in [1.807, 2.05) is 14.0 Å². The monoisotopic (exact) mass is 258 g/mol. The number of nitrogens with zero attached hydrogens (tertiary/aromatic N) is 1. The molecule has 0 saturated carbocycles. The van der Waals surface area contributed by atoms with E-state index < -0.39 is 0 Å². The van der Waals surface area contributed by atoms with Gasteiger partial charge >= 0.3 is 0 Å². The molecule has 0 rings (SSSR count). The summed E-state index contributed by atoms with van der Waals surface area (Å²) in [5.74, 6) is 0.0920. The molecule has 0 spiro atoms. The van der Waals surface area contributed by atoms with Gasteiger partial charge in [0.1, 0.15) is 0 Å². The molecular weight excluding hydrogens is 232 g/mol. The number of rotatable bonds is 10. The highest BCUT2D eigenvalue weighted by Gasteiger charge is 2.09. The predicted molar refractivity (Wildman–Crippen MR) is 72.4 cm³/mol. The SMILES string of the molecule is CCNC(=O)CCN(CCNC)CCC(=O)NC. The average Bonchev–Trinajstić information content (AvgIpc) is 2.37. The second-order valence-electron chi connectivity index (χ2n) is 4.07. The summed E-state index contributed by atoms with van der Waals surface area (Å²) in [5.41, 5.74) is 0.